The van der Waals surface area contributed by atoms with Crippen molar-refractivity contribution in [1.29, 1.82) is 0 Å². The molecule has 0 aliphatic rings. The lowest BCUT2D eigenvalue weighted by atomic mass is 10.2. The number of hydrogen-bond donors (Lipinski definition) is 0. The highest BCUT2D eigenvalue weighted by Crippen LogP contribution is 2.12. The second-order valence-electron chi connectivity index (χ2n) is 4.54. The summed E-state index contributed by atoms with van der Waals surface area (Å²) in [6.07, 6.45) is 1.57. The van der Waals surface area contributed by atoms with Gasteiger partial charge in [0.25, 0.3) is 0 Å². The predicted octanol–water partition coefficient (Wildman–Crippen LogP) is 2.01. The first-order valence-electron chi connectivity index (χ1n) is 6.63. The lowest BCUT2D eigenvalue weighted by Crippen LogP contribution is -2.33. The number of carbonyl (C=O) groups excluding carboxylic acids is 1. The molecule has 4 nitrogen and oxygen atoms in total. The van der Waals surface area contributed by atoms with Gasteiger partial charge in [0.1, 0.15) is 12.4 Å². The molecule has 0 saturated heterocycles. The molecule has 0 aliphatic carbocycles. The van der Waals surface area contributed by atoms with Gasteiger partial charge < -0.3 is 9.47 Å². The third-order valence-electron chi connectivity index (χ3n) is 3.36. The topological polar surface area (TPSA) is 42.3 Å². The van der Waals surface area contributed by atoms with Crippen LogP contribution in [-0.2, 0) is 11.3 Å². The maximum absolute atomic E-state index is 13.2. The Balaban J connectivity index is 2.43. The quantitative estimate of drug-likeness (QED) is 0.857. The van der Waals surface area contributed by atoms with Gasteiger partial charge in [-0.25, -0.2) is 4.39 Å². The minimum Gasteiger partial charge on any atom is -0.342 e. The zero-order valence-electron chi connectivity index (χ0n) is 11.6. The molecule has 0 bridgehead atoms. The van der Waals surface area contributed by atoms with E-state index in [1.807, 2.05) is 13.8 Å². The largest absolute Gasteiger partial charge is 0.342 e. The Kier molecular flexibility index (Phi) is 4.17. The van der Waals surface area contributed by atoms with Crippen LogP contribution in [0, 0.1) is 5.82 Å². The van der Waals surface area contributed by atoms with Gasteiger partial charge in [0, 0.05) is 30.7 Å². The molecule has 1 heterocycles. The van der Waals surface area contributed by atoms with Gasteiger partial charge in [0.15, 0.2) is 5.43 Å². The smallest absolute Gasteiger partial charge is 0.242 e. The van der Waals surface area contributed by atoms with E-state index in [0.717, 1.165) is 0 Å². The molecule has 0 aliphatic heterocycles. The molecule has 1 amide bonds. The molecule has 0 saturated carbocycles. The average Bonchev–Trinajstić information content (AvgIpc) is 2.43. The molecular formula is C15H17FN2O2. The van der Waals surface area contributed by atoms with Crippen molar-refractivity contribution in [3.8, 4) is 0 Å². The molecule has 0 spiro atoms. The van der Waals surface area contributed by atoms with Crippen LogP contribution in [0.2, 0.25) is 0 Å². The predicted molar refractivity (Wildman–Crippen MR) is 76.1 cm³/mol. The summed E-state index contributed by atoms with van der Waals surface area (Å²) >= 11 is 0. The number of amides is 1. The maximum atomic E-state index is 13.2. The minimum atomic E-state index is -0.456. The van der Waals surface area contributed by atoms with E-state index in [4.69, 9.17) is 0 Å². The van der Waals surface area contributed by atoms with Crippen LogP contribution < -0.4 is 5.43 Å². The fourth-order valence-electron chi connectivity index (χ4n) is 2.24. The number of likely N-dealkylation sites (N-methyl/N-ethyl adjacent to an activating group) is 1. The van der Waals surface area contributed by atoms with Crippen molar-refractivity contribution in [2.45, 2.75) is 20.4 Å². The summed E-state index contributed by atoms with van der Waals surface area (Å²) in [6, 6.07) is 5.38. The molecule has 0 atom stereocenters. The van der Waals surface area contributed by atoms with Gasteiger partial charge in [0.05, 0.1) is 5.52 Å². The second kappa shape index (κ2) is 5.86. The molecule has 20 heavy (non-hydrogen) atoms. The summed E-state index contributed by atoms with van der Waals surface area (Å²) in [5.41, 5.74) is 0.324. The highest BCUT2D eigenvalue weighted by atomic mass is 19.1. The standard InChI is InChI=1S/C15H17FN2O2/c1-3-17(4-2)15(20)10-18-8-7-14(19)12-9-11(16)5-6-13(12)18/h5-9H,3-4,10H2,1-2H3. The number of aromatic nitrogens is 1. The van der Waals surface area contributed by atoms with Crippen molar-refractivity contribution in [2.75, 3.05) is 13.1 Å². The lowest BCUT2D eigenvalue weighted by molar-refractivity contribution is -0.131. The molecule has 1 aromatic carbocycles. The molecular weight excluding hydrogens is 259 g/mol. The Labute approximate surface area is 116 Å². The number of nitrogens with zero attached hydrogens (tertiary/aromatic N) is 2. The number of pyridine rings is 1. The second-order valence-corrected chi connectivity index (χ2v) is 4.54. The van der Waals surface area contributed by atoms with Crippen LogP contribution in [0.1, 0.15) is 13.8 Å². The Morgan fingerprint density at radius 2 is 1.95 bits per heavy atom. The van der Waals surface area contributed by atoms with Crippen molar-refractivity contribution < 1.29 is 9.18 Å². The van der Waals surface area contributed by atoms with E-state index in [9.17, 15) is 14.0 Å². The number of carbonyl (C=O) groups is 1. The Hall–Kier alpha value is -2.17. The number of fused-ring (bicyclic) bond motifs is 1. The first-order chi connectivity index (χ1) is 9.56. The van der Waals surface area contributed by atoms with Crippen molar-refractivity contribution in [3.05, 3.63) is 46.5 Å². The van der Waals surface area contributed by atoms with E-state index in [1.165, 1.54) is 24.3 Å². The van der Waals surface area contributed by atoms with Gasteiger partial charge in [0.2, 0.25) is 5.91 Å². The highest BCUT2D eigenvalue weighted by molar-refractivity contribution is 5.82. The van der Waals surface area contributed by atoms with Gasteiger partial charge >= 0.3 is 0 Å². The van der Waals surface area contributed by atoms with Crippen LogP contribution in [0.15, 0.2) is 35.3 Å². The van der Waals surface area contributed by atoms with Crippen LogP contribution >= 0.6 is 0 Å². The Morgan fingerprint density at radius 1 is 1.25 bits per heavy atom. The maximum Gasteiger partial charge on any atom is 0.242 e. The number of hydrogen-bond acceptors (Lipinski definition) is 2. The van der Waals surface area contributed by atoms with Crippen LogP contribution in [0.3, 0.4) is 0 Å². The molecule has 1 aromatic heterocycles. The molecule has 0 N–H and O–H groups in total. The molecule has 2 aromatic rings. The normalized spacial score (nSPS) is 10.8. The van der Waals surface area contributed by atoms with Crippen molar-refractivity contribution in [1.82, 2.24) is 9.47 Å². The van der Waals surface area contributed by atoms with Gasteiger partial charge in [-0.1, -0.05) is 0 Å². The summed E-state index contributed by atoms with van der Waals surface area (Å²) in [4.78, 5) is 25.6. The fraction of sp³-hybridized carbons (Fsp3) is 0.333. The van der Waals surface area contributed by atoms with E-state index >= 15 is 0 Å². The Bertz CT molecular complexity index is 690. The average molecular weight is 276 g/mol. The molecule has 0 radical (unpaired) electrons. The summed E-state index contributed by atoms with van der Waals surface area (Å²) in [5, 5.41) is 0.292. The number of benzene rings is 1. The van der Waals surface area contributed by atoms with Crippen LogP contribution in [-0.4, -0.2) is 28.5 Å². The van der Waals surface area contributed by atoms with Gasteiger partial charge in [-0.3, -0.25) is 9.59 Å². The highest BCUT2D eigenvalue weighted by Gasteiger charge is 2.12. The van der Waals surface area contributed by atoms with E-state index in [2.05, 4.69) is 0 Å². The summed E-state index contributed by atoms with van der Waals surface area (Å²) in [7, 11) is 0. The molecule has 2 rings (SSSR count). The number of halogens is 1. The van der Waals surface area contributed by atoms with E-state index in [-0.39, 0.29) is 17.9 Å². The minimum absolute atomic E-state index is 0.0238. The third kappa shape index (κ3) is 2.71. The van der Waals surface area contributed by atoms with Crippen LogP contribution in [0.4, 0.5) is 4.39 Å². The first-order valence-corrected chi connectivity index (χ1v) is 6.63. The lowest BCUT2D eigenvalue weighted by Gasteiger charge is -2.20. The zero-order chi connectivity index (χ0) is 14.7. The zero-order valence-corrected chi connectivity index (χ0v) is 11.6. The molecule has 0 fully saturated rings. The van der Waals surface area contributed by atoms with Crippen molar-refractivity contribution in [3.63, 3.8) is 0 Å². The van der Waals surface area contributed by atoms with Crippen molar-refractivity contribution in [2.24, 2.45) is 0 Å². The van der Waals surface area contributed by atoms with E-state index in [0.29, 0.717) is 24.0 Å². The summed E-state index contributed by atoms with van der Waals surface area (Å²) in [6.45, 7) is 5.26. The third-order valence-corrected chi connectivity index (χ3v) is 3.36. The molecule has 0 unspecified atom stereocenters. The molecule has 5 heteroatoms. The van der Waals surface area contributed by atoms with Crippen molar-refractivity contribution >= 4 is 16.8 Å². The van der Waals surface area contributed by atoms with Gasteiger partial charge in [-0.15, -0.1) is 0 Å². The van der Waals surface area contributed by atoms with Gasteiger partial charge in [-0.05, 0) is 32.0 Å². The van der Waals surface area contributed by atoms with E-state index in [1.54, 1.807) is 15.7 Å². The summed E-state index contributed by atoms with van der Waals surface area (Å²) in [5.74, 6) is -0.480. The summed E-state index contributed by atoms with van der Waals surface area (Å²) < 4.78 is 14.9. The van der Waals surface area contributed by atoms with Crippen LogP contribution in [0.5, 0.6) is 0 Å². The molecule has 106 valence electrons. The van der Waals surface area contributed by atoms with E-state index < -0.39 is 5.82 Å². The fourth-order valence-corrected chi connectivity index (χ4v) is 2.24. The monoisotopic (exact) mass is 276 g/mol. The Morgan fingerprint density at radius 3 is 2.60 bits per heavy atom. The SMILES string of the molecule is CCN(CC)C(=O)Cn1ccc(=O)c2cc(F)ccc21. The van der Waals surface area contributed by atoms with Crippen LogP contribution in [0.25, 0.3) is 10.9 Å². The van der Waals surface area contributed by atoms with Gasteiger partial charge in [-0.2, -0.15) is 0 Å². The first kappa shape index (κ1) is 14.2. The number of rotatable bonds is 4.